The highest BCUT2D eigenvalue weighted by molar-refractivity contribution is 9.08. The number of amides is 2. The minimum atomic E-state index is -2.14. The van der Waals surface area contributed by atoms with Gasteiger partial charge in [-0.25, -0.2) is 19.6 Å². The van der Waals surface area contributed by atoms with Crippen LogP contribution in [0.25, 0.3) is 11.0 Å². The predicted octanol–water partition coefficient (Wildman–Crippen LogP) is 9.06. The number of hydrogen-bond acceptors (Lipinski definition) is 8. The van der Waals surface area contributed by atoms with Gasteiger partial charge in [-0.05, 0) is 47.4 Å². The SMILES string of the molecule is BrCc1ccccc1.CC(C)(C)[Si](C)(C)OC1CN(Cc2ccccc2)C(=O)c2c3cnc(Cl)cn3c(=O)n2C1.CC(C)(C)[Si](C)(C)OC1CNC(=O)c2c3cnc(Cl)cn3c(=O)n2C1. The monoisotopic (exact) mass is 1020 g/mol. The van der Waals surface area contributed by atoms with Gasteiger partial charge in [0.2, 0.25) is 0 Å². The average Bonchev–Trinajstić information content (AvgIpc) is 3.52. The first-order valence-corrected chi connectivity index (χ1v) is 29.2. The highest BCUT2D eigenvalue weighted by atomic mass is 79.9. The fourth-order valence-electron chi connectivity index (χ4n) is 7.13. The van der Waals surface area contributed by atoms with Crippen LogP contribution in [0.4, 0.5) is 0 Å². The van der Waals surface area contributed by atoms with Crippen LogP contribution in [0.3, 0.4) is 0 Å². The molecule has 0 spiro atoms. The number of carbonyl (C=O) groups excluding carboxylic acids is 2. The Morgan fingerprint density at radius 1 is 0.677 bits per heavy atom. The van der Waals surface area contributed by atoms with Crippen LogP contribution in [0.5, 0.6) is 0 Å². The van der Waals surface area contributed by atoms with Gasteiger partial charge in [0.1, 0.15) is 21.7 Å². The lowest BCUT2D eigenvalue weighted by molar-refractivity contribution is 0.0646. The number of aromatic nitrogens is 6. The zero-order valence-electron chi connectivity index (χ0n) is 38.7. The molecule has 0 aliphatic carbocycles. The lowest BCUT2D eigenvalue weighted by Gasteiger charge is -2.39. The third kappa shape index (κ3) is 11.3. The highest BCUT2D eigenvalue weighted by Crippen LogP contribution is 2.39. The Bertz CT molecular complexity index is 2780. The van der Waals surface area contributed by atoms with Gasteiger partial charge >= 0.3 is 11.4 Å². The first kappa shape index (κ1) is 50.1. The molecule has 6 heterocycles. The first-order valence-electron chi connectivity index (χ1n) is 21.5. The second-order valence-electron chi connectivity index (χ2n) is 19.4. The summed E-state index contributed by atoms with van der Waals surface area (Å²) >= 11 is 15.3. The molecule has 19 heteroatoms. The molecule has 2 aliphatic heterocycles. The first-order chi connectivity index (χ1) is 30.4. The number of benzene rings is 2. The van der Waals surface area contributed by atoms with E-state index in [1.807, 2.05) is 48.5 Å². The predicted molar refractivity (Wildman–Crippen MR) is 266 cm³/mol. The van der Waals surface area contributed by atoms with E-state index in [0.717, 1.165) is 10.9 Å². The van der Waals surface area contributed by atoms with Crippen LogP contribution in [0.2, 0.25) is 46.6 Å². The summed E-state index contributed by atoms with van der Waals surface area (Å²) in [6.45, 7) is 23.5. The summed E-state index contributed by atoms with van der Waals surface area (Å²) in [7, 11) is -4.17. The van der Waals surface area contributed by atoms with Gasteiger partial charge in [-0.1, -0.05) is 141 Å². The number of halogens is 3. The summed E-state index contributed by atoms with van der Waals surface area (Å²) in [6, 6.07) is 20.1. The molecular formula is C46H59BrCl2N8O6Si2. The summed E-state index contributed by atoms with van der Waals surface area (Å²) in [5, 5.41) is 4.26. The number of nitrogens with zero attached hydrogens (tertiary/aromatic N) is 7. The number of imidazole rings is 2. The summed E-state index contributed by atoms with van der Waals surface area (Å²) in [5.74, 6) is -0.510. The van der Waals surface area contributed by atoms with E-state index in [4.69, 9.17) is 32.1 Å². The summed E-state index contributed by atoms with van der Waals surface area (Å²) in [6.07, 6.45) is 5.26. The van der Waals surface area contributed by atoms with Crippen LogP contribution >= 0.6 is 39.1 Å². The molecule has 0 saturated carbocycles. The van der Waals surface area contributed by atoms with Gasteiger partial charge in [0.25, 0.3) is 11.8 Å². The van der Waals surface area contributed by atoms with Crippen molar-refractivity contribution in [3.05, 3.63) is 139 Å². The highest BCUT2D eigenvalue weighted by Gasteiger charge is 2.43. The molecule has 2 aliphatic rings. The normalized spacial score (nSPS) is 17.0. The molecule has 0 fully saturated rings. The van der Waals surface area contributed by atoms with Crippen molar-refractivity contribution in [2.75, 3.05) is 13.1 Å². The van der Waals surface area contributed by atoms with Crippen molar-refractivity contribution in [1.82, 2.24) is 38.1 Å². The van der Waals surface area contributed by atoms with E-state index in [1.165, 1.54) is 48.3 Å². The lowest BCUT2D eigenvalue weighted by atomic mass is 10.2. The number of fused-ring (bicyclic) bond motifs is 6. The molecule has 0 radical (unpaired) electrons. The standard InChI is InChI=1S/C23H29ClN4O3Si.C16H23ClN4O3Si.C7H7Br/c1-23(2,3)32(4,5)31-17-13-26(12-16-9-7-6-8-10-16)21(29)20-18-11-25-19(24)15-27(18)22(30)28(20)14-17;1-16(2,3)25(4,5)24-10-6-19-14(22)13-11-7-18-12(17)9-20(11)15(23)21(13)8-10;8-6-7-4-2-1-3-5-7/h6-11,15,17H,12-14H2,1-5H3;7,9-10H,6,8H2,1-5H3,(H,19,22);1-5H,6H2. The smallest absolute Gasteiger partial charge is 0.333 e. The number of carbonyl (C=O) groups is 2. The topological polar surface area (TPSA) is 146 Å². The number of rotatable bonds is 7. The van der Waals surface area contributed by atoms with Crippen molar-refractivity contribution in [2.45, 2.75) is 115 Å². The van der Waals surface area contributed by atoms with Crippen molar-refractivity contribution in [3.8, 4) is 0 Å². The van der Waals surface area contributed by atoms with E-state index < -0.39 is 16.6 Å². The largest absolute Gasteiger partial charge is 0.410 e. The maximum atomic E-state index is 13.7. The Balaban J connectivity index is 0.000000188. The van der Waals surface area contributed by atoms with Crippen molar-refractivity contribution >= 4 is 78.6 Å². The van der Waals surface area contributed by atoms with Gasteiger partial charge in [0.15, 0.2) is 16.6 Å². The van der Waals surface area contributed by atoms with Crippen LogP contribution in [-0.2, 0) is 33.8 Å². The van der Waals surface area contributed by atoms with Crippen LogP contribution in [0.1, 0.15) is 73.6 Å². The zero-order valence-corrected chi connectivity index (χ0v) is 43.8. The van der Waals surface area contributed by atoms with Crippen LogP contribution < -0.4 is 16.7 Å². The Kier molecular flexibility index (Phi) is 15.3. The minimum Gasteiger partial charge on any atom is -0.410 e. The Morgan fingerprint density at radius 3 is 1.60 bits per heavy atom. The molecule has 1 N–H and O–H groups in total. The van der Waals surface area contributed by atoms with E-state index in [-0.39, 0.29) is 55.8 Å². The summed E-state index contributed by atoms with van der Waals surface area (Å²) in [4.78, 5) is 62.1. The molecule has 2 amide bonds. The van der Waals surface area contributed by atoms with E-state index in [1.54, 1.807) is 4.90 Å². The van der Waals surface area contributed by atoms with Gasteiger partial charge < -0.3 is 19.1 Å². The fraction of sp³-hybridized carbons (Fsp3) is 0.435. The van der Waals surface area contributed by atoms with Gasteiger partial charge in [-0.15, -0.1) is 0 Å². The third-order valence-electron chi connectivity index (χ3n) is 12.6. The van der Waals surface area contributed by atoms with Crippen molar-refractivity contribution in [2.24, 2.45) is 0 Å². The molecule has 8 rings (SSSR count). The van der Waals surface area contributed by atoms with Gasteiger partial charge in [0, 0.05) is 25.0 Å². The quantitative estimate of drug-likeness (QED) is 0.123. The van der Waals surface area contributed by atoms with Gasteiger partial charge in [0.05, 0.1) is 61.1 Å². The van der Waals surface area contributed by atoms with Crippen molar-refractivity contribution < 1.29 is 18.4 Å². The molecule has 2 atom stereocenters. The van der Waals surface area contributed by atoms with E-state index in [0.29, 0.717) is 55.1 Å². The molecule has 14 nitrogen and oxygen atoms in total. The number of alkyl halides is 1. The van der Waals surface area contributed by atoms with Crippen LogP contribution in [0.15, 0.2) is 95.0 Å². The van der Waals surface area contributed by atoms with Crippen molar-refractivity contribution in [1.29, 1.82) is 0 Å². The minimum absolute atomic E-state index is 0.00426. The molecule has 2 aromatic carbocycles. The molecule has 65 heavy (non-hydrogen) atoms. The average molecular weight is 1030 g/mol. The maximum absolute atomic E-state index is 13.7. The van der Waals surface area contributed by atoms with E-state index in [2.05, 4.69) is 111 Å². The van der Waals surface area contributed by atoms with E-state index in [9.17, 15) is 19.2 Å². The molecule has 4 aromatic heterocycles. The van der Waals surface area contributed by atoms with Crippen LogP contribution in [-0.4, -0.2) is 86.6 Å². The Morgan fingerprint density at radius 2 is 1.12 bits per heavy atom. The second-order valence-corrected chi connectivity index (χ2v) is 30.3. The Labute approximate surface area is 400 Å². The molecule has 2 unspecified atom stereocenters. The molecule has 6 aromatic rings. The third-order valence-corrected chi connectivity index (χ3v) is 22.8. The summed E-state index contributed by atoms with van der Waals surface area (Å²) in [5.41, 5.74) is 3.26. The number of hydrogen-bond donors (Lipinski definition) is 1. The van der Waals surface area contributed by atoms with Gasteiger partial charge in [-0.3, -0.25) is 27.5 Å². The fourth-order valence-corrected chi connectivity index (χ4v) is 10.5. The maximum Gasteiger partial charge on any atom is 0.333 e. The van der Waals surface area contributed by atoms with Gasteiger partial charge in [-0.2, -0.15) is 0 Å². The Hall–Kier alpha value is -4.37. The van der Waals surface area contributed by atoms with E-state index >= 15 is 0 Å². The number of nitrogens with one attached hydrogen (secondary N) is 1. The summed E-state index contributed by atoms with van der Waals surface area (Å²) < 4.78 is 18.9. The molecule has 348 valence electrons. The second kappa shape index (κ2) is 19.8. The lowest BCUT2D eigenvalue weighted by Crippen LogP contribution is -2.48. The van der Waals surface area contributed by atoms with Crippen molar-refractivity contribution in [3.63, 3.8) is 0 Å². The zero-order chi connectivity index (χ0) is 47.6. The van der Waals surface area contributed by atoms with Crippen LogP contribution in [0, 0.1) is 0 Å². The molecule has 0 saturated heterocycles. The molecule has 0 bridgehead atoms. The molecular weight excluding hydrogens is 968 g/mol.